The molecule has 3 aromatic rings. The van der Waals surface area contributed by atoms with E-state index in [0.717, 1.165) is 16.3 Å². The fourth-order valence-electron chi connectivity index (χ4n) is 1.90. The van der Waals surface area contributed by atoms with Crippen LogP contribution in [0.15, 0.2) is 47.3 Å². The third-order valence-electron chi connectivity index (χ3n) is 2.85. The lowest BCUT2D eigenvalue weighted by atomic mass is 10.0. The molecule has 0 aliphatic carbocycles. The van der Waals surface area contributed by atoms with Crippen LogP contribution in [0.2, 0.25) is 0 Å². The van der Waals surface area contributed by atoms with Gasteiger partial charge < -0.3 is 10.2 Å². The highest BCUT2D eigenvalue weighted by atomic mass is 32.1. The highest BCUT2D eigenvalue weighted by molar-refractivity contribution is 7.19. The van der Waals surface area contributed by atoms with Gasteiger partial charge in [-0.3, -0.25) is 0 Å². The van der Waals surface area contributed by atoms with Gasteiger partial charge in [-0.1, -0.05) is 12.1 Å². The topological polar surface area (TPSA) is 52.0 Å². The summed E-state index contributed by atoms with van der Waals surface area (Å²) in [7, 11) is 0. The maximum absolute atomic E-state index is 5.79. The first-order valence-corrected chi connectivity index (χ1v) is 6.41. The lowest BCUT2D eigenvalue weighted by Crippen LogP contribution is -1.82. The van der Waals surface area contributed by atoms with E-state index in [2.05, 4.69) is 24.0 Å². The Hall–Kier alpha value is -2.07. The summed E-state index contributed by atoms with van der Waals surface area (Å²) in [5.74, 6) is 0.778. The Morgan fingerprint density at radius 1 is 1.22 bits per heavy atom. The second-order valence-electron chi connectivity index (χ2n) is 4.10. The largest absolute Gasteiger partial charge is 0.444 e. The van der Waals surface area contributed by atoms with Crippen molar-refractivity contribution in [2.24, 2.45) is 0 Å². The Bertz CT molecular complexity index is 671. The van der Waals surface area contributed by atoms with Crippen LogP contribution in [-0.2, 0) is 0 Å². The Balaban J connectivity index is 2.12. The van der Waals surface area contributed by atoms with Gasteiger partial charge >= 0.3 is 0 Å². The average Bonchev–Trinajstić information content (AvgIpc) is 3.01. The minimum atomic E-state index is 0.778. The fourth-order valence-corrected chi connectivity index (χ4v) is 2.75. The van der Waals surface area contributed by atoms with Crippen molar-refractivity contribution >= 4 is 16.3 Å². The molecule has 0 aliphatic rings. The number of nitrogen functional groups attached to an aromatic ring is 1. The van der Waals surface area contributed by atoms with E-state index in [1.807, 2.05) is 18.2 Å². The van der Waals surface area contributed by atoms with Crippen LogP contribution in [0.25, 0.3) is 21.8 Å². The Kier molecular flexibility index (Phi) is 2.64. The van der Waals surface area contributed by atoms with Crippen LogP contribution in [0.4, 0.5) is 5.00 Å². The molecular weight excluding hydrogens is 244 g/mol. The molecule has 0 aliphatic heterocycles. The van der Waals surface area contributed by atoms with Crippen molar-refractivity contribution in [2.75, 3.05) is 5.73 Å². The average molecular weight is 256 g/mol. The van der Waals surface area contributed by atoms with E-state index >= 15 is 0 Å². The summed E-state index contributed by atoms with van der Waals surface area (Å²) < 4.78 is 5.32. The third kappa shape index (κ3) is 1.91. The van der Waals surface area contributed by atoms with Gasteiger partial charge in [0, 0.05) is 10.4 Å². The standard InChI is InChI=1S/C14H12N2OS/c1-9-2-3-10(12-7-16-8-17-12)6-11(9)13-4-5-14(15)18-13/h2-8H,15H2,1H3. The number of aromatic nitrogens is 1. The highest BCUT2D eigenvalue weighted by Crippen LogP contribution is 2.34. The number of hydrogen-bond acceptors (Lipinski definition) is 4. The lowest BCUT2D eigenvalue weighted by molar-refractivity contribution is 0.572. The molecule has 0 spiro atoms. The Morgan fingerprint density at radius 2 is 2.11 bits per heavy atom. The first-order chi connectivity index (χ1) is 8.74. The SMILES string of the molecule is Cc1ccc(-c2cnco2)cc1-c1ccc(N)s1. The van der Waals surface area contributed by atoms with Crippen LogP contribution in [-0.4, -0.2) is 4.98 Å². The molecule has 0 unspecified atom stereocenters. The minimum Gasteiger partial charge on any atom is -0.444 e. The van der Waals surface area contributed by atoms with Crippen molar-refractivity contribution < 1.29 is 4.42 Å². The van der Waals surface area contributed by atoms with Gasteiger partial charge in [0.25, 0.3) is 0 Å². The number of nitrogens with two attached hydrogens (primary N) is 1. The zero-order valence-electron chi connectivity index (χ0n) is 9.88. The number of aryl methyl sites for hydroxylation is 1. The molecule has 4 heteroatoms. The van der Waals surface area contributed by atoms with Crippen LogP contribution in [0.3, 0.4) is 0 Å². The predicted molar refractivity (Wildman–Crippen MR) is 74.4 cm³/mol. The first-order valence-electron chi connectivity index (χ1n) is 5.59. The zero-order chi connectivity index (χ0) is 12.5. The summed E-state index contributed by atoms with van der Waals surface area (Å²) in [5.41, 5.74) is 9.22. The number of benzene rings is 1. The molecule has 90 valence electrons. The molecule has 2 aromatic heterocycles. The second-order valence-corrected chi connectivity index (χ2v) is 5.21. The molecule has 0 saturated heterocycles. The fraction of sp³-hybridized carbons (Fsp3) is 0.0714. The quantitative estimate of drug-likeness (QED) is 0.755. The monoisotopic (exact) mass is 256 g/mol. The van der Waals surface area contributed by atoms with E-state index in [0.29, 0.717) is 0 Å². The van der Waals surface area contributed by atoms with Crippen LogP contribution < -0.4 is 5.73 Å². The smallest absolute Gasteiger partial charge is 0.181 e. The molecule has 1 aromatic carbocycles. The van der Waals surface area contributed by atoms with Gasteiger partial charge in [-0.25, -0.2) is 4.98 Å². The number of thiophene rings is 1. The van der Waals surface area contributed by atoms with Crippen LogP contribution in [0.5, 0.6) is 0 Å². The minimum absolute atomic E-state index is 0.778. The summed E-state index contributed by atoms with van der Waals surface area (Å²) >= 11 is 1.59. The van der Waals surface area contributed by atoms with Crippen molar-refractivity contribution in [3.63, 3.8) is 0 Å². The van der Waals surface area contributed by atoms with Crippen molar-refractivity contribution in [1.29, 1.82) is 0 Å². The van der Waals surface area contributed by atoms with Gasteiger partial charge in [-0.05, 0) is 36.2 Å². The molecular formula is C14H12N2OS. The molecule has 0 amide bonds. The van der Waals surface area contributed by atoms with Crippen LogP contribution >= 0.6 is 11.3 Å². The number of anilines is 1. The van der Waals surface area contributed by atoms with Crippen molar-refractivity contribution in [3.8, 4) is 21.8 Å². The normalized spacial score (nSPS) is 10.7. The Morgan fingerprint density at radius 3 is 2.78 bits per heavy atom. The summed E-state index contributed by atoms with van der Waals surface area (Å²) in [5, 5.41) is 0.828. The van der Waals surface area contributed by atoms with E-state index in [-0.39, 0.29) is 0 Å². The second kappa shape index (κ2) is 4.31. The van der Waals surface area contributed by atoms with E-state index in [1.54, 1.807) is 17.5 Å². The molecule has 0 radical (unpaired) electrons. The molecule has 0 atom stereocenters. The number of oxazole rings is 1. The summed E-state index contributed by atoms with van der Waals surface area (Å²) in [6, 6.07) is 10.2. The highest BCUT2D eigenvalue weighted by Gasteiger charge is 2.08. The molecule has 3 nitrogen and oxygen atoms in total. The van der Waals surface area contributed by atoms with E-state index in [1.165, 1.54) is 22.4 Å². The van der Waals surface area contributed by atoms with Gasteiger partial charge in [0.2, 0.25) is 0 Å². The maximum Gasteiger partial charge on any atom is 0.181 e. The summed E-state index contributed by atoms with van der Waals surface area (Å²) in [6.45, 7) is 2.09. The third-order valence-corrected chi connectivity index (χ3v) is 3.79. The molecule has 0 bridgehead atoms. The van der Waals surface area contributed by atoms with Crippen molar-refractivity contribution in [3.05, 3.63) is 48.5 Å². The van der Waals surface area contributed by atoms with Crippen molar-refractivity contribution in [2.45, 2.75) is 6.92 Å². The predicted octanol–water partition coefficient (Wildman–Crippen LogP) is 3.96. The molecule has 2 heterocycles. The molecule has 0 fully saturated rings. The maximum atomic E-state index is 5.79. The summed E-state index contributed by atoms with van der Waals surface area (Å²) in [4.78, 5) is 5.12. The molecule has 18 heavy (non-hydrogen) atoms. The van der Waals surface area contributed by atoms with Gasteiger partial charge in [-0.15, -0.1) is 11.3 Å². The van der Waals surface area contributed by atoms with Gasteiger partial charge in [0.05, 0.1) is 11.2 Å². The van der Waals surface area contributed by atoms with Crippen LogP contribution in [0.1, 0.15) is 5.56 Å². The van der Waals surface area contributed by atoms with E-state index in [4.69, 9.17) is 10.2 Å². The van der Waals surface area contributed by atoms with E-state index in [9.17, 15) is 0 Å². The van der Waals surface area contributed by atoms with Gasteiger partial charge in [0.15, 0.2) is 12.2 Å². The van der Waals surface area contributed by atoms with Crippen molar-refractivity contribution in [1.82, 2.24) is 4.98 Å². The number of hydrogen-bond donors (Lipinski definition) is 1. The van der Waals surface area contributed by atoms with Crippen LogP contribution in [0, 0.1) is 6.92 Å². The first kappa shape index (κ1) is 11.0. The number of nitrogens with zero attached hydrogens (tertiary/aromatic N) is 1. The zero-order valence-corrected chi connectivity index (χ0v) is 10.7. The molecule has 3 rings (SSSR count). The van der Waals surface area contributed by atoms with Gasteiger partial charge in [0.1, 0.15) is 0 Å². The summed E-state index contributed by atoms with van der Waals surface area (Å²) in [6.07, 6.45) is 3.16. The lowest BCUT2D eigenvalue weighted by Gasteiger charge is -2.05. The van der Waals surface area contributed by atoms with Gasteiger partial charge in [-0.2, -0.15) is 0 Å². The Labute approximate surface area is 109 Å². The molecule has 2 N–H and O–H groups in total. The van der Waals surface area contributed by atoms with E-state index < -0.39 is 0 Å². The molecule has 0 saturated carbocycles. The number of rotatable bonds is 2.